The van der Waals surface area contributed by atoms with Crippen molar-refractivity contribution in [1.29, 1.82) is 0 Å². The molecule has 3 aromatic carbocycles. The highest BCUT2D eigenvalue weighted by Crippen LogP contribution is 2.25. The van der Waals surface area contributed by atoms with Crippen LogP contribution in [0.15, 0.2) is 78.9 Å². The van der Waals surface area contributed by atoms with Gasteiger partial charge in [-0.05, 0) is 79.3 Å². The van der Waals surface area contributed by atoms with E-state index in [9.17, 15) is 19.2 Å². The van der Waals surface area contributed by atoms with Crippen molar-refractivity contribution in [2.45, 2.75) is 76.2 Å². The summed E-state index contributed by atoms with van der Waals surface area (Å²) in [6, 6.07) is 23.3. The monoisotopic (exact) mass is 694 g/mol. The number of amides is 4. The molecule has 4 amide bonds. The van der Waals surface area contributed by atoms with Crippen LogP contribution in [0.4, 0.5) is 0 Å². The Morgan fingerprint density at radius 1 is 0.960 bits per heavy atom. The van der Waals surface area contributed by atoms with E-state index in [1.807, 2.05) is 85.8 Å². The maximum Gasteiger partial charge on any atom is 0.243 e. The van der Waals surface area contributed by atoms with E-state index in [2.05, 4.69) is 31.5 Å². The summed E-state index contributed by atoms with van der Waals surface area (Å²) in [5.74, 6) is -0.629. The van der Waals surface area contributed by atoms with Gasteiger partial charge in [-0.15, -0.1) is 0 Å². The number of fused-ring (bicyclic) bond motifs is 4. The number of aryl methyl sites for hydroxylation is 2. The van der Waals surface area contributed by atoms with Crippen molar-refractivity contribution < 1.29 is 23.9 Å². The Kier molecular flexibility index (Phi) is 13.6. The van der Waals surface area contributed by atoms with Crippen molar-refractivity contribution in [2.75, 3.05) is 26.2 Å². The molecule has 2 unspecified atom stereocenters. The molecule has 50 heavy (non-hydrogen) atoms. The van der Waals surface area contributed by atoms with Gasteiger partial charge >= 0.3 is 0 Å². The molecule has 0 aromatic heterocycles. The third-order valence-corrected chi connectivity index (χ3v) is 10.1. The molecule has 1 fully saturated rings. The van der Waals surface area contributed by atoms with Gasteiger partial charge in [0, 0.05) is 49.4 Å². The van der Waals surface area contributed by atoms with Crippen LogP contribution < -0.4 is 26.0 Å². The number of rotatable bonds is 9. The number of nitrogens with zero attached hydrogens (tertiary/aromatic N) is 1. The number of piperidine rings is 1. The second kappa shape index (κ2) is 18.5. The maximum atomic E-state index is 14.1. The molecule has 10 nitrogen and oxygen atoms in total. The van der Waals surface area contributed by atoms with Gasteiger partial charge in [0.15, 0.2) is 0 Å². The lowest BCUT2D eigenvalue weighted by Gasteiger charge is -2.36. The third-order valence-electron chi connectivity index (χ3n) is 9.50. The smallest absolute Gasteiger partial charge is 0.243 e. The second-order valence-electron chi connectivity index (χ2n) is 13.3. The number of hydrogen-bond acceptors (Lipinski definition) is 6. The Labute approximate surface area is 298 Å². The highest BCUT2D eigenvalue weighted by atomic mass is 28.1. The fourth-order valence-corrected chi connectivity index (χ4v) is 6.90. The molecule has 1 saturated heterocycles. The van der Waals surface area contributed by atoms with Gasteiger partial charge in [0.05, 0.1) is 12.1 Å². The van der Waals surface area contributed by atoms with Crippen LogP contribution in [-0.2, 0) is 38.7 Å². The third kappa shape index (κ3) is 10.8. The van der Waals surface area contributed by atoms with Crippen molar-refractivity contribution in [1.82, 2.24) is 26.2 Å². The zero-order valence-corrected chi connectivity index (χ0v) is 29.8. The van der Waals surface area contributed by atoms with Crippen molar-refractivity contribution in [2.24, 2.45) is 5.92 Å². The van der Waals surface area contributed by atoms with Crippen LogP contribution >= 0.6 is 0 Å². The lowest BCUT2D eigenvalue weighted by atomic mass is 9.94. The molecule has 0 spiro atoms. The first-order valence-corrected chi connectivity index (χ1v) is 18.2. The Morgan fingerprint density at radius 3 is 2.46 bits per heavy atom. The van der Waals surface area contributed by atoms with Gasteiger partial charge in [-0.25, -0.2) is 0 Å². The molecule has 0 aliphatic carbocycles. The fraction of sp³-hybridized carbons (Fsp3) is 0.436. The SMILES string of the molecule is Cc1ccc2cc1CNC(=O)[C@H](CCc1ccccc1)NC(=O)[C@@H](NC(=O)CCNCc1ccccc1)C([Si])C(=O)N1CCCC(CCO2)C1. The van der Waals surface area contributed by atoms with Gasteiger partial charge in [-0.2, -0.15) is 0 Å². The van der Waals surface area contributed by atoms with E-state index >= 15 is 0 Å². The first-order chi connectivity index (χ1) is 24.3. The number of carbonyl (C=O) groups excluding carboxylic acids is 4. The normalized spacial score (nSPS) is 22.0. The fourth-order valence-electron chi connectivity index (χ4n) is 6.48. The summed E-state index contributed by atoms with van der Waals surface area (Å²) in [5, 5.41) is 12.0. The van der Waals surface area contributed by atoms with E-state index in [0.717, 1.165) is 47.3 Å². The molecule has 4 bridgehead atoms. The summed E-state index contributed by atoms with van der Waals surface area (Å²) in [7, 11) is 3.59. The van der Waals surface area contributed by atoms with Gasteiger partial charge < -0.3 is 30.9 Å². The van der Waals surface area contributed by atoms with E-state index in [-0.39, 0.29) is 36.6 Å². The number of hydrogen-bond donors (Lipinski definition) is 4. The molecular formula is C39H48N5O5Si. The average Bonchev–Trinajstić information content (AvgIpc) is 3.14. The standard InChI is InChI=1S/C39H48N5O5Si/c1-27-14-16-32-23-31(27)25-41-37(46)33(17-15-28-9-4-2-5-10-28)42-38(47)35(43-34(45)18-20-40-24-29-11-6-3-7-12-29)36(50)39(48)44-21-8-13-30(26-44)19-22-49-32/h2-7,9-12,14,16,23,30,33,35-36,40H,8,13,15,17-22,24-26H2,1H3,(H,41,46)(H,42,47)(H,43,45)/t30?,33-,35-,36?/m0/s1. The summed E-state index contributed by atoms with van der Waals surface area (Å²) in [4.78, 5) is 56.8. The van der Waals surface area contributed by atoms with Crippen LogP contribution in [0.3, 0.4) is 0 Å². The molecule has 2 aliphatic heterocycles. The highest BCUT2D eigenvalue weighted by molar-refractivity contribution is 6.26. The lowest BCUT2D eigenvalue weighted by molar-refractivity contribution is -0.138. The van der Waals surface area contributed by atoms with Gasteiger partial charge in [0.2, 0.25) is 23.6 Å². The van der Waals surface area contributed by atoms with Crippen LogP contribution in [-0.4, -0.2) is 77.1 Å². The number of benzene rings is 3. The predicted octanol–water partition coefficient (Wildman–Crippen LogP) is 3.37. The zero-order chi connectivity index (χ0) is 35.3. The first-order valence-electron chi connectivity index (χ1n) is 17.6. The Morgan fingerprint density at radius 2 is 1.70 bits per heavy atom. The first kappa shape index (κ1) is 36.8. The molecule has 3 aromatic rings. The quantitative estimate of drug-likeness (QED) is 0.201. The predicted molar refractivity (Wildman–Crippen MR) is 193 cm³/mol. The van der Waals surface area contributed by atoms with Gasteiger partial charge in [0.25, 0.3) is 0 Å². The minimum Gasteiger partial charge on any atom is -0.494 e. The largest absolute Gasteiger partial charge is 0.494 e. The summed E-state index contributed by atoms with van der Waals surface area (Å²) in [6.45, 7) is 4.82. The topological polar surface area (TPSA) is 129 Å². The zero-order valence-electron chi connectivity index (χ0n) is 28.8. The van der Waals surface area contributed by atoms with E-state index < -0.39 is 23.5 Å². The average molecular weight is 695 g/mol. The van der Waals surface area contributed by atoms with Crippen molar-refractivity contribution in [3.05, 3.63) is 101 Å². The van der Waals surface area contributed by atoms with E-state index in [1.165, 1.54) is 0 Å². The van der Waals surface area contributed by atoms with Crippen LogP contribution in [0.25, 0.3) is 0 Å². The highest BCUT2D eigenvalue weighted by Gasteiger charge is 2.37. The van der Waals surface area contributed by atoms with Crippen LogP contribution in [0.5, 0.6) is 5.75 Å². The molecule has 11 heteroatoms. The molecular weight excluding hydrogens is 647 g/mol. The lowest BCUT2D eigenvalue weighted by Crippen LogP contribution is -2.57. The maximum absolute atomic E-state index is 14.1. The Bertz CT molecular complexity index is 1590. The van der Waals surface area contributed by atoms with E-state index in [1.54, 1.807) is 4.90 Å². The number of ether oxygens (including phenoxy) is 1. The van der Waals surface area contributed by atoms with Crippen molar-refractivity contribution in [3.8, 4) is 5.75 Å². The van der Waals surface area contributed by atoms with Gasteiger partial charge in [-0.1, -0.05) is 66.7 Å². The number of carbonyl (C=O) groups is 4. The molecule has 5 rings (SSSR count). The van der Waals surface area contributed by atoms with Crippen molar-refractivity contribution >= 4 is 33.9 Å². The van der Waals surface area contributed by atoms with Gasteiger partial charge in [0.1, 0.15) is 17.8 Å². The minimum atomic E-state index is -1.24. The summed E-state index contributed by atoms with van der Waals surface area (Å²) >= 11 is 0. The summed E-state index contributed by atoms with van der Waals surface area (Å²) in [5.41, 5.74) is 3.02. The van der Waals surface area contributed by atoms with Crippen LogP contribution in [0.2, 0.25) is 5.54 Å². The molecule has 4 N–H and O–H groups in total. The Hall–Kier alpha value is -4.48. The summed E-state index contributed by atoms with van der Waals surface area (Å²) < 4.78 is 6.13. The van der Waals surface area contributed by atoms with Gasteiger partial charge in [-0.3, -0.25) is 19.2 Å². The minimum absolute atomic E-state index is 0.103. The molecule has 263 valence electrons. The number of nitrogens with one attached hydrogen (secondary N) is 4. The molecule has 2 aliphatic rings. The molecule has 0 saturated carbocycles. The van der Waals surface area contributed by atoms with Crippen molar-refractivity contribution in [3.63, 3.8) is 0 Å². The van der Waals surface area contributed by atoms with Crippen LogP contribution in [0.1, 0.15) is 54.4 Å². The Balaban J connectivity index is 1.36. The van der Waals surface area contributed by atoms with E-state index in [4.69, 9.17) is 4.74 Å². The second-order valence-corrected chi connectivity index (χ2v) is 13.9. The molecule has 2 heterocycles. The van der Waals surface area contributed by atoms with E-state index in [0.29, 0.717) is 45.6 Å². The van der Waals surface area contributed by atoms with Crippen LogP contribution in [0, 0.1) is 12.8 Å². The summed E-state index contributed by atoms with van der Waals surface area (Å²) in [6.07, 6.45) is 3.55. The molecule has 3 radical (unpaired) electrons. The molecule has 4 atom stereocenters.